The highest BCUT2D eigenvalue weighted by atomic mass is 19.1. The summed E-state index contributed by atoms with van der Waals surface area (Å²) in [6.07, 6.45) is 4.08. The number of hydrogen-bond acceptors (Lipinski definition) is 6. The fraction of sp³-hybridized carbons (Fsp3) is 0.405. The minimum absolute atomic E-state index is 0.137. The van der Waals surface area contributed by atoms with Gasteiger partial charge in [-0.05, 0) is 55.0 Å². The van der Waals surface area contributed by atoms with Crippen LogP contribution in [0.4, 0.5) is 8.78 Å². The lowest BCUT2D eigenvalue weighted by molar-refractivity contribution is -0.136. The number of amidine groups is 1. The Morgan fingerprint density at radius 1 is 1.09 bits per heavy atom. The summed E-state index contributed by atoms with van der Waals surface area (Å²) in [6.45, 7) is 8.98. The van der Waals surface area contributed by atoms with Gasteiger partial charge in [0.1, 0.15) is 17.4 Å². The van der Waals surface area contributed by atoms with Crippen molar-refractivity contribution >= 4 is 22.7 Å². The molecule has 0 aliphatic carbocycles. The number of carbonyl (C=O) groups is 1. The van der Waals surface area contributed by atoms with E-state index in [1.807, 2.05) is 19.9 Å². The van der Waals surface area contributed by atoms with Crippen molar-refractivity contribution in [2.75, 3.05) is 13.1 Å². The average Bonchev–Trinajstić information content (AvgIpc) is 3.72. The number of aromatic amines is 1. The molecule has 0 amide bonds. The summed E-state index contributed by atoms with van der Waals surface area (Å²) in [4.78, 5) is 19.3. The predicted molar refractivity (Wildman–Crippen MR) is 180 cm³/mol. The number of nitrogens with one attached hydrogen (secondary N) is 2. The molecule has 250 valence electrons. The maximum absolute atomic E-state index is 15.3. The van der Waals surface area contributed by atoms with Crippen molar-refractivity contribution < 1.29 is 28.5 Å². The molecule has 5 rings (SSSR count). The molecule has 1 aromatic heterocycles. The fourth-order valence-electron chi connectivity index (χ4n) is 6.57. The van der Waals surface area contributed by atoms with Gasteiger partial charge in [0.2, 0.25) is 0 Å². The number of aryl methyl sites for hydroxylation is 1. The molecule has 2 heterocycles. The first-order valence-corrected chi connectivity index (χ1v) is 16.1. The Kier molecular flexibility index (Phi) is 10.0. The average molecular weight is 647 g/mol. The van der Waals surface area contributed by atoms with Gasteiger partial charge in [0.05, 0.1) is 30.7 Å². The standard InChI is InChI=1S/C37H44F2N4O4/c1-22-8-7-9-23(16-22)37(4,14-6-5-13-36(2,3)32(44)20-40)31-21-42-35(43-31)27-17-24(10-11-28(27)38)47-34-26(18-33(45)46)25-12-15-41-30(25)19-29(34)39/h7-12,15-17,19,31-32,41,44H,5-6,13-14,18,20-21,40H2,1-4H3,(H,42,43)(H,45,46). The van der Waals surface area contributed by atoms with Crippen LogP contribution in [0.25, 0.3) is 10.9 Å². The van der Waals surface area contributed by atoms with E-state index in [1.165, 1.54) is 24.3 Å². The van der Waals surface area contributed by atoms with E-state index >= 15 is 8.78 Å². The number of aliphatic hydroxyl groups is 1. The third-order valence-corrected chi connectivity index (χ3v) is 9.69. The molecule has 0 radical (unpaired) electrons. The van der Waals surface area contributed by atoms with Gasteiger partial charge < -0.3 is 31.0 Å². The van der Waals surface area contributed by atoms with Crippen LogP contribution in [0.3, 0.4) is 0 Å². The molecule has 3 unspecified atom stereocenters. The molecule has 0 saturated carbocycles. The number of nitrogens with zero attached hydrogens (tertiary/aromatic N) is 1. The smallest absolute Gasteiger partial charge is 0.307 e. The van der Waals surface area contributed by atoms with E-state index < -0.39 is 30.1 Å². The van der Waals surface area contributed by atoms with Crippen molar-refractivity contribution in [3.8, 4) is 11.5 Å². The van der Waals surface area contributed by atoms with Gasteiger partial charge in [-0.2, -0.15) is 0 Å². The summed E-state index contributed by atoms with van der Waals surface area (Å²) in [5.41, 5.74) is 8.21. The largest absolute Gasteiger partial charge is 0.481 e. The summed E-state index contributed by atoms with van der Waals surface area (Å²) < 4.78 is 36.5. The van der Waals surface area contributed by atoms with Crippen LogP contribution in [0.5, 0.6) is 11.5 Å². The number of unbranched alkanes of at least 4 members (excludes halogenated alkanes) is 1. The number of benzene rings is 3. The normalized spacial score (nSPS) is 16.9. The van der Waals surface area contributed by atoms with E-state index in [0.717, 1.165) is 36.8 Å². The van der Waals surface area contributed by atoms with Crippen molar-refractivity contribution in [1.82, 2.24) is 10.3 Å². The third kappa shape index (κ3) is 7.34. The maximum atomic E-state index is 15.3. The third-order valence-electron chi connectivity index (χ3n) is 9.69. The van der Waals surface area contributed by atoms with Crippen molar-refractivity contribution in [2.24, 2.45) is 16.1 Å². The number of aliphatic carboxylic acids is 1. The number of nitrogens with two attached hydrogens (primary N) is 1. The second-order valence-corrected chi connectivity index (χ2v) is 13.5. The van der Waals surface area contributed by atoms with Crippen molar-refractivity contribution in [3.05, 3.63) is 94.7 Å². The lowest BCUT2D eigenvalue weighted by Crippen LogP contribution is -2.47. The summed E-state index contributed by atoms with van der Waals surface area (Å²) in [5, 5.41) is 23.9. The second kappa shape index (κ2) is 13.8. The zero-order valence-electron chi connectivity index (χ0n) is 27.4. The van der Waals surface area contributed by atoms with Crippen molar-refractivity contribution in [2.45, 2.75) is 77.4 Å². The van der Waals surface area contributed by atoms with Gasteiger partial charge >= 0.3 is 5.97 Å². The molecule has 0 bridgehead atoms. The minimum Gasteiger partial charge on any atom is -0.481 e. The van der Waals surface area contributed by atoms with Crippen LogP contribution in [-0.2, 0) is 16.6 Å². The SMILES string of the molecule is Cc1cccc(C(C)(CCCCC(C)(C)C(O)CN)C2CN=C(c3cc(Oc4c(F)cc5[nH]ccc5c4CC(=O)O)ccc3F)N2)c1. The number of aliphatic hydroxyl groups excluding tert-OH is 1. The second-order valence-electron chi connectivity index (χ2n) is 13.5. The van der Waals surface area contributed by atoms with Crippen molar-refractivity contribution in [3.63, 3.8) is 0 Å². The molecule has 1 aliphatic rings. The van der Waals surface area contributed by atoms with Gasteiger partial charge in [0.15, 0.2) is 11.6 Å². The lowest BCUT2D eigenvalue weighted by Gasteiger charge is -2.37. The summed E-state index contributed by atoms with van der Waals surface area (Å²) in [5.74, 6) is -2.07. The molecule has 4 aromatic rings. The highest BCUT2D eigenvalue weighted by Gasteiger charge is 2.39. The molecule has 47 heavy (non-hydrogen) atoms. The molecule has 10 heteroatoms. The van der Waals surface area contributed by atoms with E-state index in [-0.39, 0.29) is 46.0 Å². The zero-order chi connectivity index (χ0) is 33.9. The molecule has 3 atom stereocenters. The van der Waals surface area contributed by atoms with Gasteiger partial charge in [0, 0.05) is 40.7 Å². The van der Waals surface area contributed by atoms with Crippen LogP contribution in [0.1, 0.15) is 68.7 Å². The number of aliphatic imine (C=N–C) groups is 1. The van der Waals surface area contributed by atoms with E-state index in [0.29, 0.717) is 23.3 Å². The van der Waals surface area contributed by atoms with Crippen LogP contribution in [0.15, 0.2) is 65.8 Å². The number of fused-ring (bicyclic) bond motifs is 1. The molecule has 3 aromatic carbocycles. The maximum Gasteiger partial charge on any atom is 0.307 e. The number of rotatable bonds is 14. The van der Waals surface area contributed by atoms with E-state index in [2.05, 4.69) is 42.3 Å². The molecule has 1 aliphatic heterocycles. The number of halogens is 2. The number of carboxylic acids is 1. The van der Waals surface area contributed by atoms with Gasteiger partial charge in [-0.1, -0.05) is 63.4 Å². The molecule has 0 fully saturated rings. The van der Waals surface area contributed by atoms with E-state index in [4.69, 9.17) is 15.5 Å². The van der Waals surface area contributed by atoms with Gasteiger partial charge in [-0.25, -0.2) is 8.78 Å². The molecule has 0 saturated heterocycles. The highest BCUT2D eigenvalue weighted by Crippen LogP contribution is 2.39. The number of aromatic nitrogens is 1. The summed E-state index contributed by atoms with van der Waals surface area (Å²) >= 11 is 0. The first-order valence-electron chi connectivity index (χ1n) is 16.1. The predicted octanol–water partition coefficient (Wildman–Crippen LogP) is 6.76. The summed E-state index contributed by atoms with van der Waals surface area (Å²) in [7, 11) is 0. The van der Waals surface area contributed by atoms with Crippen LogP contribution in [0, 0.1) is 24.0 Å². The Morgan fingerprint density at radius 2 is 1.85 bits per heavy atom. The van der Waals surface area contributed by atoms with Crippen LogP contribution >= 0.6 is 0 Å². The quantitative estimate of drug-likeness (QED) is 0.0963. The topological polar surface area (TPSA) is 133 Å². The number of H-pyrrole nitrogens is 1. The molecular formula is C37H44F2N4O4. The zero-order valence-corrected chi connectivity index (χ0v) is 27.4. The van der Waals surface area contributed by atoms with E-state index in [1.54, 1.807) is 12.3 Å². The number of hydrogen-bond donors (Lipinski definition) is 5. The molecule has 0 spiro atoms. The Bertz CT molecular complexity index is 1790. The minimum atomic E-state index is -1.13. The first-order chi connectivity index (χ1) is 22.3. The highest BCUT2D eigenvalue weighted by molar-refractivity contribution is 6.01. The first kappa shape index (κ1) is 34.1. The van der Waals surface area contributed by atoms with Gasteiger partial charge in [-0.15, -0.1) is 0 Å². The van der Waals surface area contributed by atoms with Gasteiger partial charge in [0.25, 0.3) is 0 Å². The Morgan fingerprint density at radius 3 is 2.57 bits per heavy atom. The number of ether oxygens (including phenoxy) is 1. The number of carboxylic acid groups (broad SMARTS) is 1. The monoisotopic (exact) mass is 646 g/mol. The molecule has 6 N–H and O–H groups in total. The molecule has 8 nitrogen and oxygen atoms in total. The van der Waals surface area contributed by atoms with Crippen LogP contribution < -0.4 is 15.8 Å². The van der Waals surface area contributed by atoms with Crippen LogP contribution in [-0.4, -0.2) is 52.2 Å². The van der Waals surface area contributed by atoms with Gasteiger partial charge in [-0.3, -0.25) is 9.79 Å². The Balaban J connectivity index is 1.38. The van der Waals surface area contributed by atoms with Crippen LogP contribution in [0.2, 0.25) is 0 Å². The lowest BCUT2D eigenvalue weighted by atomic mass is 9.71. The fourth-order valence-corrected chi connectivity index (χ4v) is 6.57. The summed E-state index contributed by atoms with van der Waals surface area (Å²) in [6, 6.07) is 15.3. The Hall–Kier alpha value is -4.28. The van der Waals surface area contributed by atoms with E-state index in [9.17, 15) is 15.0 Å². The Labute approximate surface area is 274 Å². The molecular weight excluding hydrogens is 602 g/mol. The van der Waals surface area contributed by atoms with Crippen molar-refractivity contribution in [1.29, 1.82) is 0 Å².